The summed E-state index contributed by atoms with van der Waals surface area (Å²) in [5.74, 6) is -2.84. The zero-order valence-electron chi connectivity index (χ0n) is 10.2. The van der Waals surface area contributed by atoms with Crippen LogP contribution in [0.2, 0.25) is 0 Å². The third kappa shape index (κ3) is 3.16. The Bertz CT molecular complexity index is 615. The molecular weight excluding hydrogens is 267 g/mol. The van der Waals surface area contributed by atoms with Crippen LogP contribution in [0.5, 0.6) is 0 Å². The van der Waals surface area contributed by atoms with Gasteiger partial charge in [-0.1, -0.05) is 0 Å². The van der Waals surface area contributed by atoms with Crippen LogP contribution in [0.1, 0.15) is 16.1 Å². The lowest BCUT2D eigenvalue weighted by Crippen LogP contribution is -2.42. The van der Waals surface area contributed by atoms with E-state index in [-0.39, 0.29) is 12.0 Å². The van der Waals surface area contributed by atoms with Gasteiger partial charge in [0.2, 0.25) is 0 Å². The van der Waals surface area contributed by atoms with Gasteiger partial charge in [-0.3, -0.25) is 9.78 Å². The van der Waals surface area contributed by atoms with E-state index in [0.717, 1.165) is 6.20 Å². The number of pyridine rings is 1. The van der Waals surface area contributed by atoms with Crippen LogP contribution >= 0.6 is 0 Å². The number of aliphatic carboxylic acids is 1. The van der Waals surface area contributed by atoms with Crippen molar-refractivity contribution in [2.75, 3.05) is 0 Å². The number of rotatable bonds is 5. The Morgan fingerprint density at radius 1 is 1.40 bits per heavy atom. The zero-order valence-corrected chi connectivity index (χ0v) is 10.2. The van der Waals surface area contributed by atoms with Gasteiger partial charge in [0, 0.05) is 24.5 Å². The van der Waals surface area contributed by atoms with Crippen molar-refractivity contribution in [3.05, 3.63) is 48.1 Å². The summed E-state index contributed by atoms with van der Waals surface area (Å²) in [5, 5.41) is 11.3. The Labute approximate surface area is 112 Å². The number of halogens is 1. The molecule has 8 heteroatoms. The van der Waals surface area contributed by atoms with Crippen LogP contribution in [0.15, 0.2) is 31.0 Å². The Kier molecular flexibility index (Phi) is 4.04. The minimum Gasteiger partial charge on any atom is -0.480 e. The molecule has 2 aromatic heterocycles. The molecule has 2 heterocycles. The van der Waals surface area contributed by atoms with E-state index < -0.39 is 23.7 Å². The predicted molar refractivity (Wildman–Crippen MR) is 65.4 cm³/mol. The van der Waals surface area contributed by atoms with E-state index in [1.807, 2.05) is 0 Å². The molecule has 1 atom stereocenters. The highest BCUT2D eigenvalue weighted by Gasteiger charge is 2.23. The fourth-order valence-electron chi connectivity index (χ4n) is 1.61. The number of hydrogen-bond acceptors (Lipinski definition) is 4. The average Bonchev–Trinajstić information content (AvgIpc) is 2.91. The number of imidazole rings is 1. The fraction of sp³-hybridized carbons (Fsp3) is 0.167. The second kappa shape index (κ2) is 5.91. The van der Waals surface area contributed by atoms with E-state index in [9.17, 15) is 14.0 Å². The predicted octanol–water partition coefficient (Wildman–Crippen LogP) is 0.369. The number of aromatic amines is 1. The van der Waals surface area contributed by atoms with Crippen LogP contribution in [0.3, 0.4) is 0 Å². The van der Waals surface area contributed by atoms with Gasteiger partial charge in [-0.15, -0.1) is 0 Å². The molecule has 1 amide bonds. The maximum Gasteiger partial charge on any atom is 0.326 e. The molecule has 0 saturated carbocycles. The van der Waals surface area contributed by atoms with E-state index >= 15 is 0 Å². The van der Waals surface area contributed by atoms with Gasteiger partial charge in [0.1, 0.15) is 6.04 Å². The Morgan fingerprint density at radius 3 is 2.80 bits per heavy atom. The molecule has 0 aliphatic heterocycles. The van der Waals surface area contributed by atoms with Crippen molar-refractivity contribution in [2.24, 2.45) is 0 Å². The number of carbonyl (C=O) groups excluding carboxylic acids is 1. The standard InChI is InChI=1S/C12H11FN4O3/c13-9-5-14-2-1-8(9)11(18)17-10(12(19)20)3-7-4-15-6-16-7/h1-2,4-6,10H,3H2,(H,15,16)(H,17,18)(H,19,20)/t10-/m1/s1. The van der Waals surface area contributed by atoms with Crippen LogP contribution in [0, 0.1) is 5.82 Å². The molecule has 104 valence electrons. The summed E-state index contributed by atoms with van der Waals surface area (Å²) in [5.41, 5.74) is 0.295. The monoisotopic (exact) mass is 278 g/mol. The second-order valence-electron chi connectivity index (χ2n) is 4.00. The van der Waals surface area contributed by atoms with Gasteiger partial charge in [-0.2, -0.15) is 0 Å². The van der Waals surface area contributed by atoms with Crippen molar-refractivity contribution >= 4 is 11.9 Å². The maximum absolute atomic E-state index is 13.4. The van der Waals surface area contributed by atoms with Gasteiger partial charge < -0.3 is 15.4 Å². The van der Waals surface area contributed by atoms with Gasteiger partial charge in [0.15, 0.2) is 5.82 Å². The summed E-state index contributed by atoms with van der Waals surface area (Å²) in [6.07, 6.45) is 5.02. The number of carboxylic acid groups (broad SMARTS) is 1. The molecule has 2 rings (SSSR count). The smallest absolute Gasteiger partial charge is 0.326 e. The molecule has 0 saturated heterocycles. The third-order valence-corrected chi connectivity index (χ3v) is 2.60. The lowest BCUT2D eigenvalue weighted by atomic mass is 10.1. The minimum atomic E-state index is -1.22. The first-order valence-corrected chi connectivity index (χ1v) is 5.68. The van der Waals surface area contributed by atoms with E-state index in [1.54, 1.807) is 0 Å². The van der Waals surface area contributed by atoms with E-state index in [1.165, 1.54) is 24.8 Å². The lowest BCUT2D eigenvalue weighted by molar-refractivity contribution is -0.139. The molecule has 2 aromatic rings. The number of hydrogen-bond donors (Lipinski definition) is 3. The summed E-state index contributed by atoms with van der Waals surface area (Å²) in [4.78, 5) is 33.0. The summed E-state index contributed by atoms with van der Waals surface area (Å²) in [6.45, 7) is 0. The van der Waals surface area contributed by atoms with Crippen LogP contribution in [0.25, 0.3) is 0 Å². The zero-order chi connectivity index (χ0) is 14.5. The second-order valence-corrected chi connectivity index (χ2v) is 4.00. The van der Waals surface area contributed by atoms with Crippen LogP contribution in [0.4, 0.5) is 4.39 Å². The van der Waals surface area contributed by atoms with Gasteiger partial charge in [0.25, 0.3) is 5.91 Å². The van der Waals surface area contributed by atoms with E-state index in [0.29, 0.717) is 5.69 Å². The molecule has 20 heavy (non-hydrogen) atoms. The highest BCUT2D eigenvalue weighted by atomic mass is 19.1. The summed E-state index contributed by atoms with van der Waals surface area (Å²) < 4.78 is 13.4. The normalized spacial score (nSPS) is 11.8. The lowest BCUT2D eigenvalue weighted by Gasteiger charge is -2.13. The fourth-order valence-corrected chi connectivity index (χ4v) is 1.61. The van der Waals surface area contributed by atoms with Crippen LogP contribution in [-0.2, 0) is 11.2 Å². The van der Waals surface area contributed by atoms with E-state index in [4.69, 9.17) is 5.11 Å². The SMILES string of the molecule is O=C(N[C@H](Cc1cnc[nH]1)C(=O)O)c1ccncc1F. The Hall–Kier alpha value is -2.77. The quantitative estimate of drug-likeness (QED) is 0.732. The summed E-state index contributed by atoms with van der Waals surface area (Å²) >= 11 is 0. The number of H-pyrrole nitrogens is 1. The number of aromatic nitrogens is 3. The molecule has 0 aliphatic rings. The van der Waals surface area contributed by atoms with Crippen molar-refractivity contribution in [2.45, 2.75) is 12.5 Å². The summed E-state index contributed by atoms with van der Waals surface area (Å²) in [6, 6.07) is -0.00438. The van der Waals surface area contributed by atoms with Crippen LogP contribution in [-0.4, -0.2) is 38.0 Å². The average molecular weight is 278 g/mol. The van der Waals surface area contributed by atoms with Crippen molar-refractivity contribution < 1.29 is 19.1 Å². The number of amides is 1. The number of carboxylic acids is 1. The highest BCUT2D eigenvalue weighted by molar-refractivity contribution is 5.96. The largest absolute Gasteiger partial charge is 0.480 e. The minimum absolute atomic E-state index is 0.0216. The topological polar surface area (TPSA) is 108 Å². The molecule has 0 fully saturated rings. The first-order valence-electron chi connectivity index (χ1n) is 5.68. The number of nitrogens with zero attached hydrogens (tertiary/aromatic N) is 2. The molecule has 0 spiro atoms. The van der Waals surface area contributed by atoms with Gasteiger partial charge in [0.05, 0.1) is 18.1 Å². The molecule has 7 nitrogen and oxygen atoms in total. The van der Waals surface area contributed by atoms with Gasteiger partial charge in [-0.05, 0) is 6.07 Å². The number of carbonyl (C=O) groups is 2. The molecule has 0 aromatic carbocycles. The van der Waals surface area contributed by atoms with Crippen molar-refractivity contribution in [3.63, 3.8) is 0 Å². The first kappa shape index (κ1) is 13.7. The molecular formula is C12H11FN4O3. The van der Waals surface area contributed by atoms with Gasteiger partial charge in [-0.25, -0.2) is 14.2 Å². The molecule has 0 unspecified atom stereocenters. The Morgan fingerprint density at radius 2 is 2.20 bits per heavy atom. The summed E-state index contributed by atoms with van der Waals surface area (Å²) in [7, 11) is 0. The first-order chi connectivity index (χ1) is 9.58. The maximum atomic E-state index is 13.4. The molecule has 0 aliphatic carbocycles. The third-order valence-electron chi connectivity index (χ3n) is 2.60. The van der Waals surface area contributed by atoms with E-state index in [2.05, 4.69) is 20.3 Å². The van der Waals surface area contributed by atoms with Crippen molar-refractivity contribution in [1.29, 1.82) is 0 Å². The van der Waals surface area contributed by atoms with Gasteiger partial charge >= 0.3 is 5.97 Å². The van der Waals surface area contributed by atoms with Crippen molar-refractivity contribution in [3.8, 4) is 0 Å². The molecule has 3 N–H and O–H groups in total. The Balaban J connectivity index is 2.10. The molecule has 0 radical (unpaired) electrons. The molecule has 0 bridgehead atoms. The van der Waals surface area contributed by atoms with Crippen LogP contribution < -0.4 is 5.32 Å². The number of nitrogens with one attached hydrogen (secondary N) is 2. The highest BCUT2D eigenvalue weighted by Crippen LogP contribution is 2.06. The van der Waals surface area contributed by atoms with Crippen molar-refractivity contribution in [1.82, 2.24) is 20.3 Å².